The zero-order valence-electron chi connectivity index (χ0n) is 14.1. The van der Waals surface area contributed by atoms with Gasteiger partial charge in [0, 0.05) is 11.3 Å². The second kappa shape index (κ2) is 7.11. The Morgan fingerprint density at radius 1 is 1.00 bits per heavy atom. The van der Waals surface area contributed by atoms with Gasteiger partial charge in [-0.05, 0) is 31.0 Å². The fourth-order valence-electron chi connectivity index (χ4n) is 2.52. The minimum atomic E-state index is -6.22. The highest BCUT2D eigenvalue weighted by Crippen LogP contribution is 2.53. The number of aryl methyl sites for hydroxylation is 2. The molecule has 154 valence electrons. The zero-order chi connectivity index (χ0) is 21.7. The number of thiophene rings is 1. The van der Waals surface area contributed by atoms with E-state index in [1.165, 1.54) is 6.07 Å². The zero-order valence-corrected chi connectivity index (χ0v) is 15.7. The van der Waals surface area contributed by atoms with Crippen molar-refractivity contribution in [2.24, 2.45) is 0 Å². The SMILES string of the molecule is Cc1cc(C(F)(C(F)(F)F)C(F)(F)F)cc(C)c1NC(=O)c1cc(N)c(Cl)s1. The summed E-state index contributed by atoms with van der Waals surface area (Å²) in [6, 6.07) is 2.07. The Morgan fingerprint density at radius 2 is 1.46 bits per heavy atom. The third-order valence-corrected chi connectivity index (χ3v) is 5.27. The predicted molar refractivity (Wildman–Crippen MR) is 92.5 cm³/mol. The molecule has 1 amide bonds. The topological polar surface area (TPSA) is 55.1 Å². The smallest absolute Gasteiger partial charge is 0.397 e. The van der Waals surface area contributed by atoms with E-state index >= 15 is 0 Å². The number of rotatable bonds is 3. The minimum Gasteiger partial charge on any atom is -0.397 e. The molecule has 2 aromatic rings. The van der Waals surface area contributed by atoms with Crippen LogP contribution in [0.4, 0.5) is 42.1 Å². The van der Waals surface area contributed by atoms with Gasteiger partial charge in [0.25, 0.3) is 5.91 Å². The van der Waals surface area contributed by atoms with Gasteiger partial charge in [0.1, 0.15) is 4.34 Å². The van der Waals surface area contributed by atoms with Crippen LogP contribution in [0.5, 0.6) is 0 Å². The van der Waals surface area contributed by atoms with Crippen LogP contribution in [0.1, 0.15) is 26.4 Å². The van der Waals surface area contributed by atoms with Crippen LogP contribution in [0.15, 0.2) is 18.2 Å². The molecule has 3 nitrogen and oxygen atoms in total. The van der Waals surface area contributed by atoms with Gasteiger partial charge in [-0.1, -0.05) is 23.7 Å². The van der Waals surface area contributed by atoms with Crippen LogP contribution in [-0.2, 0) is 5.67 Å². The van der Waals surface area contributed by atoms with E-state index in [0.717, 1.165) is 25.2 Å². The molecule has 2 rings (SSSR count). The maximum atomic E-state index is 14.2. The molecule has 0 radical (unpaired) electrons. The molecule has 0 bridgehead atoms. The third kappa shape index (κ3) is 3.77. The maximum absolute atomic E-state index is 14.2. The quantitative estimate of drug-likeness (QED) is 0.554. The van der Waals surface area contributed by atoms with Crippen molar-refractivity contribution in [3.05, 3.63) is 44.1 Å². The Hall–Kier alpha value is -2.01. The average molecular weight is 449 g/mol. The summed E-state index contributed by atoms with van der Waals surface area (Å²) in [7, 11) is 0. The predicted octanol–water partition coefficient (Wildman–Crippen LogP) is 6.14. The number of nitrogen functional groups attached to an aromatic ring is 1. The first-order valence-electron chi connectivity index (χ1n) is 7.39. The number of nitrogens with two attached hydrogens (primary N) is 1. The average Bonchev–Trinajstić information content (AvgIpc) is 2.87. The van der Waals surface area contributed by atoms with Crippen LogP contribution in [0, 0.1) is 13.8 Å². The lowest BCUT2D eigenvalue weighted by Crippen LogP contribution is -2.50. The number of benzene rings is 1. The van der Waals surface area contributed by atoms with Crippen LogP contribution in [-0.4, -0.2) is 18.3 Å². The van der Waals surface area contributed by atoms with Crippen molar-refractivity contribution in [1.82, 2.24) is 0 Å². The fourth-order valence-corrected chi connectivity index (χ4v) is 3.52. The van der Waals surface area contributed by atoms with Crippen LogP contribution in [0.25, 0.3) is 0 Å². The summed E-state index contributed by atoms with van der Waals surface area (Å²) in [6.07, 6.45) is -12.4. The molecule has 1 aromatic heterocycles. The lowest BCUT2D eigenvalue weighted by atomic mass is 9.90. The van der Waals surface area contributed by atoms with Gasteiger partial charge in [0.2, 0.25) is 0 Å². The molecule has 0 atom stereocenters. The fraction of sp³-hybridized carbons (Fsp3) is 0.312. The molecular weight excluding hydrogens is 437 g/mol. The van der Waals surface area contributed by atoms with E-state index < -0.39 is 29.5 Å². The highest BCUT2D eigenvalue weighted by Gasteiger charge is 2.73. The van der Waals surface area contributed by atoms with Crippen molar-refractivity contribution >= 4 is 40.2 Å². The number of nitrogens with one attached hydrogen (secondary N) is 1. The van der Waals surface area contributed by atoms with Crippen LogP contribution < -0.4 is 11.1 Å². The summed E-state index contributed by atoms with van der Waals surface area (Å²) >= 11 is 6.59. The van der Waals surface area contributed by atoms with E-state index in [9.17, 15) is 35.5 Å². The van der Waals surface area contributed by atoms with Gasteiger partial charge in [-0.15, -0.1) is 11.3 Å². The molecule has 0 aliphatic heterocycles. The van der Waals surface area contributed by atoms with Crippen molar-refractivity contribution in [1.29, 1.82) is 0 Å². The number of halogens is 8. The van der Waals surface area contributed by atoms with Crippen molar-refractivity contribution in [2.75, 3.05) is 11.1 Å². The Bertz CT molecular complexity index is 864. The number of carbonyl (C=O) groups excluding carboxylic acids is 1. The second-order valence-electron chi connectivity index (χ2n) is 5.93. The highest BCUT2D eigenvalue weighted by atomic mass is 35.5. The molecule has 0 fully saturated rings. The first kappa shape index (κ1) is 22.3. The molecule has 0 saturated carbocycles. The number of hydrogen-bond acceptors (Lipinski definition) is 3. The van der Waals surface area contributed by atoms with Crippen molar-refractivity contribution in [3.8, 4) is 0 Å². The molecular formula is C16H12ClF7N2OS. The van der Waals surface area contributed by atoms with Gasteiger partial charge < -0.3 is 11.1 Å². The summed E-state index contributed by atoms with van der Waals surface area (Å²) in [5.74, 6) is -0.722. The molecule has 0 unspecified atom stereocenters. The first-order valence-corrected chi connectivity index (χ1v) is 8.59. The van der Waals surface area contributed by atoms with Crippen molar-refractivity contribution in [2.45, 2.75) is 31.9 Å². The molecule has 12 heteroatoms. The van der Waals surface area contributed by atoms with E-state index in [2.05, 4.69) is 5.32 Å². The van der Waals surface area contributed by atoms with Crippen LogP contribution >= 0.6 is 22.9 Å². The van der Waals surface area contributed by atoms with Crippen molar-refractivity contribution in [3.63, 3.8) is 0 Å². The lowest BCUT2D eigenvalue weighted by molar-refractivity contribution is -0.348. The monoisotopic (exact) mass is 448 g/mol. The Labute approximate surface area is 163 Å². The van der Waals surface area contributed by atoms with Crippen LogP contribution in [0.3, 0.4) is 0 Å². The highest BCUT2D eigenvalue weighted by molar-refractivity contribution is 7.18. The normalized spacial score (nSPS) is 12.9. The van der Waals surface area contributed by atoms with Gasteiger partial charge >= 0.3 is 18.0 Å². The van der Waals surface area contributed by atoms with Gasteiger partial charge in [-0.25, -0.2) is 4.39 Å². The lowest BCUT2D eigenvalue weighted by Gasteiger charge is -2.31. The minimum absolute atomic E-state index is 0.0523. The number of amides is 1. The summed E-state index contributed by atoms with van der Waals surface area (Å²) in [6.45, 7) is 2.30. The first-order chi connectivity index (χ1) is 12.6. The van der Waals surface area contributed by atoms with Gasteiger partial charge in [-0.2, -0.15) is 26.3 Å². The Balaban J connectivity index is 2.48. The van der Waals surface area contributed by atoms with E-state index in [1.54, 1.807) is 0 Å². The van der Waals surface area contributed by atoms with Gasteiger partial charge in [0.05, 0.1) is 10.6 Å². The van der Waals surface area contributed by atoms with E-state index in [4.69, 9.17) is 17.3 Å². The van der Waals surface area contributed by atoms with Crippen molar-refractivity contribution < 1.29 is 35.5 Å². The molecule has 1 heterocycles. The molecule has 0 spiro atoms. The maximum Gasteiger partial charge on any atom is 0.435 e. The summed E-state index contributed by atoms with van der Waals surface area (Å²) in [5.41, 5.74) is -1.93. The van der Waals surface area contributed by atoms with E-state index in [-0.39, 0.29) is 31.7 Å². The summed E-state index contributed by atoms with van der Waals surface area (Å²) in [5, 5.41) is 2.36. The van der Waals surface area contributed by atoms with Gasteiger partial charge in [0.15, 0.2) is 0 Å². The van der Waals surface area contributed by atoms with E-state index in [0.29, 0.717) is 12.1 Å². The number of carbonyl (C=O) groups is 1. The Kier molecular flexibility index (Phi) is 5.65. The summed E-state index contributed by atoms with van der Waals surface area (Å²) in [4.78, 5) is 12.3. The summed E-state index contributed by atoms with van der Waals surface area (Å²) < 4.78 is 92.0. The van der Waals surface area contributed by atoms with E-state index in [1.807, 2.05) is 0 Å². The van der Waals surface area contributed by atoms with Gasteiger partial charge in [-0.3, -0.25) is 4.79 Å². The number of anilines is 2. The molecule has 1 aromatic carbocycles. The largest absolute Gasteiger partial charge is 0.435 e. The standard InChI is InChI=1S/C16H12ClF7N2OS/c1-6-3-8(14(18,15(19,20)21)16(22,23)24)4-7(2)11(6)26-13(27)10-5-9(25)12(17)28-10/h3-5H,25H2,1-2H3,(H,26,27). The number of hydrogen-bond donors (Lipinski definition) is 2. The number of alkyl halides is 7. The molecule has 3 N–H and O–H groups in total. The third-order valence-electron chi connectivity index (χ3n) is 3.89. The Morgan fingerprint density at radius 3 is 1.82 bits per heavy atom. The molecule has 0 aliphatic rings. The molecule has 0 aliphatic carbocycles. The van der Waals surface area contributed by atoms with Crippen LogP contribution in [0.2, 0.25) is 4.34 Å². The molecule has 28 heavy (non-hydrogen) atoms. The second-order valence-corrected chi connectivity index (χ2v) is 7.59. The molecule has 0 saturated heterocycles.